The molecule has 1 atom stereocenters. The van der Waals surface area contributed by atoms with Crippen LogP contribution < -0.4 is 0 Å². The molecule has 2 nitrogen and oxygen atoms in total. The maximum Gasteiger partial charge on any atom is 0.393 e. The third-order valence-corrected chi connectivity index (χ3v) is 4.55. The van der Waals surface area contributed by atoms with Crippen LogP contribution in [0.2, 0.25) is 0 Å². The van der Waals surface area contributed by atoms with Gasteiger partial charge in [0.25, 0.3) is 5.91 Å². The Kier molecular flexibility index (Phi) is 3.68. The molecule has 1 saturated heterocycles. The van der Waals surface area contributed by atoms with Crippen LogP contribution in [0.3, 0.4) is 0 Å². The molecule has 0 unspecified atom stereocenters. The molecule has 1 aliphatic heterocycles. The third kappa shape index (κ3) is 2.78. The monoisotopic (exact) mass is 297 g/mol. The number of halogens is 3. The van der Waals surface area contributed by atoms with Crippen LogP contribution >= 0.6 is 0 Å². The molecule has 0 bridgehead atoms. The fourth-order valence-corrected chi connectivity index (χ4v) is 3.42. The highest BCUT2D eigenvalue weighted by atomic mass is 19.4. The van der Waals surface area contributed by atoms with E-state index in [0.717, 1.165) is 24.8 Å². The molecule has 0 radical (unpaired) electrons. The van der Waals surface area contributed by atoms with Crippen LogP contribution in [0.1, 0.15) is 40.7 Å². The minimum absolute atomic E-state index is 0.125. The first-order chi connectivity index (χ1) is 9.97. The third-order valence-electron chi connectivity index (χ3n) is 4.55. The number of carbonyl (C=O) groups excluding carboxylic acids is 1. The summed E-state index contributed by atoms with van der Waals surface area (Å²) in [7, 11) is 0. The van der Waals surface area contributed by atoms with Gasteiger partial charge < -0.3 is 4.90 Å². The van der Waals surface area contributed by atoms with Crippen LogP contribution in [0.4, 0.5) is 13.2 Å². The zero-order chi connectivity index (χ0) is 15.0. The van der Waals surface area contributed by atoms with E-state index >= 15 is 0 Å². The van der Waals surface area contributed by atoms with E-state index in [1.807, 2.05) is 12.1 Å². The molecule has 1 aromatic rings. The van der Waals surface area contributed by atoms with Crippen molar-refractivity contribution >= 4 is 5.91 Å². The molecule has 1 amide bonds. The Morgan fingerprint density at radius 3 is 2.76 bits per heavy atom. The molecule has 21 heavy (non-hydrogen) atoms. The Balaban J connectivity index is 1.81. The topological polar surface area (TPSA) is 20.3 Å². The van der Waals surface area contributed by atoms with Crippen LogP contribution in [0.25, 0.3) is 0 Å². The second-order valence-electron chi connectivity index (χ2n) is 5.93. The van der Waals surface area contributed by atoms with Crippen LogP contribution in [0.5, 0.6) is 0 Å². The first-order valence-corrected chi connectivity index (χ1v) is 7.43. The highest BCUT2D eigenvalue weighted by Crippen LogP contribution is 2.34. The van der Waals surface area contributed by atoms with Gasteiger partial charge in [0.2, 0.25) is 0 Å². The van der Waals surface area contributed by atoms with E-state index in [2.05, 4.69) is 0 Å². The number of hydrogen-bond donors (Lipinski definition) is 0. The quantitative estimate of drug-likeness (QED) is 0.775. The number of carbonyl (C=O) groups is 1. The number of rotatable bonds is 1. The molecular weight excluding hydrogens is 279 g/mol. The molecule has 0 N–H and O–H groups in total. The molecule has 114 valence electrons. The fourth-order valence-electron chi connectivity index (χ4n) is 3.42. The van der Waals surface area contributed by atoms with E-state index in [1.54, 1.807) is 6.07 Å². The summed E-state index contributed by atoms with van der Waals surface area (Å²) in [5, 5.41) is 0. The van der Waals surface area contributed by atoms with Crippen LogP contribution in [0.15, 0.2) is 18.2 Å². The predicted molar refractivity (Wildman–Crippen MR) is 73.1 cm³/mol. The number of piperidine rings is 1. The highest BCUT2D eigenvalue weighted by Gasteiger charge is 2.43. The number of aryl methyl sites for hydroxylation is 1. The van der Waals surface area contributed by atoms with Gasteiger partial charge >= 0.3 is 6.18 Å². The number of amides is 1. The lowest BCUT2D eigenvalue weighted by Crippen LogP contribution is -2.44. The van der Waals surface area contributed by atoms with E-state index < -0.39 is 12.1 Å². The lowest BCUT2D eigenvalue weighted by atomic mass is 9.95. The van der Waals surface area contributed by atoms with Gasteiger partial charge in [0.15, 0.2) is 0 Å². The van der Waals surface area contributed by atoms with E-state index in [-0.39, 0.29) is 18.9 Å². The molecule has 3 rings (SSSR count). The molecule has 1 aliphatic carbocycles. The van der Waals surface area contributed by atoms with Gasteiger partial charge in [0.1, 0.15) is 0 Å². The molecule has 0 spiro atoms. The average Bonchev–Trinajstić information content (AvgIpc) is 2.94. The van der Waals surface area contributed by atoms with Crippen molar-refractivity contribution < 1.29 is 18.0 Å². The Morgan fingerprint density at radius 2 is 2.00 bits per heavy atom. The summed E-state index contributed by atoms with van der Waals surface area (Å²) in [4.78, 5) is 14.0. The van der Waals surface area contributed by atoms with Crippen molar-refractivity contribution in [3.8, 4) is 0 Å². The molecule has 2 aliphatic rings. The highest BCUT2D eigenvalue weighted by molar-refractivity contribution is 5.96. The number of fused-ring (bicyclic) bond motifs is 1. The molecular formula is C16H18F3NO. The van der Waals surface area contributed by atoms with Gasteiger partial charge in [-0.05, 0) is 49.3 Å². The maximum absolute atomic E-state index is 12.9. The average molecular weight is 297 g/mol. The van der Waals surface area contributed by atoms with Crippen LogP contribution in [-0.4, -0.2) is 30.1 Å². The van der Waals surface area contributed by atoms with Crippen molar-refractivity contribution in [3.63, 3.8) is 0 Å². The summed E-state index contributed by atoms with van der Waals surface area (Å²) >= 11 is 0. The zero-order valence-electron chi connectivity index (χ0n) is 11.7. The molecule has 1 aromatic carbocycles. The first-order valence-electron chi connectivity index (χ1n) is 7.43. The largest absolute Gasteiger partial charge is 0.393 e. The van der Waals surface area contributed by atoms with E-state index in [1.165, 1.54) is 10.5 Å². The number of nitrogens with zero attached hydrogens (tertiary/aromatic N) is 1. The summed E-state index contributed by atoms with van der Waals surface area (Å²) in [5.74, 6) is -1.62. The van der Waals surface area contributed by atoms with Crippen molar-refractivity contribution in [1.82, 2.24) is 4.90 Å². The normalized spacial score (nSPS) is 22.2. The first kappa shape index (κ1) is 14.4. The van der Waals surface area contributed by atoms with Crippen molar-refractivity contribution in [2.75, 3.05) is 13.1 Å². The predicted octanol–water partition coefficient (Wildman–Crippen LogP) is 3.59. The van der Waals surface area contributed by atoms with E-state index in [4.69, 9.17) is 0 Å². The van der Waals surface area contributed by atoms with Gasteiger partial charge in [0, 0.05) is 18.7 Å². The van der Waals surface area contributed by atoms with Crippen LogP contribution in [-0.2, 0) is 12.8 Å². The van der Waals surface area contributed by atoms with Crippen LogP contribution in [0, 0.1) is 5.92 Å². The minimum atomic E-state index is -4.21. The van der Waals surface area contributed by atoms with E-state index in [0.29, 0.717) is 18.5 Å². The molecule has 1 heterocycles. The van der Waals surface area contributed by atoms with Crippen molar-refractivity contribution in [2.45, 2.75) is 38.3 Å². The summed E-state index contributed by atoms with van der Waals surface area (Å²) < 4.78 is 38.6. The summed E-state index contributed by atoms with van der Waals surface area (Å²) in [6.45, 7) is 0.223. The van der Waals surface area contributed by atoms with Crippen molar-refractivity contribution in [3.05, 3.63) is 34.9 Å². The zero-order valence-corrected chi connectivity index (χ0v) is 11.7. The molecule has 5 heteroatoms. The second kappa shape index (κ2) is 5.35. The summed E-state index contributed by atoms with van der Waals surface area (Å²) in [5.41, 5.74) is 2.81. The standard InChI is InChI=1S/C16H18F3NO/c17-16(18,19)12-6-3-9-20(10-12)15(21)14-8-2-5-11-4-1-7-13(11)14/h2,5,8,12H,1,3-4,6-7,9-10H2/t12-/m0/s1. The lowest BCUT2D eigenvalue weighted by Gasteiger charge is -2.34. The Morgan fingerprint density at radius 1 is 1.19 bits per heavy atom. The van der Waals surface area contributed by atoms with Crippen molar-refractivity contribution in [2.24, 2.45) is 5.92 Å². The molecule has 0 aromatic heterocycles. The fraction of sp³-hybridized carbons (Fsp3) is 0.562. The van der Waals surface area contributed by atoms with Gasteiger partial charge in [-0.1, -0.05) is 12.1 Å². The number of benzene rings is 1. The second-order valence-corrected chi connectivity index (χ2v) is 5.93. The van der Waals surface area contributed by atoms with Gasteiger partial charge in [0.05, 0.1) is 5.92 Å². The van der Waals surface area contributed by atoms with E-state index in [9.17, 15) is 18.0 Å². The van der Waals surface area contributed by atoms with Crippen molar-refractivity contribution in [1.29, 1.82) is 0 Å². The summed E-state index contributed by atoms with van der Waals surface area (Å²) in [6, 6.07) is 5.60. The Labute approximate surface area is 121 Å². The maximum atomic E-state index is 12.9. The minimum Gasteiger partial charge on any atom is -0.338 e. The number of alkyl halides is 3. The molecule has 0 saturated carbocycles. The molecule has 1 fully saturated rings. The van der Waals surface area contributed by atoms with Gasteiger partial charge in [-0.3, -0.25) is 4.79 Å². The SMILES string of the molecule is O=C(c1cccc2c1CCC2)N1CCC[C@H](C(F)(F)F)C1. The lowest BCUT2D eigenvalue weighted by molar-refractivity contribution is -0.184. The van der Waals surface area contributed by atoms with Gasteiger partial charge in [-0.15, -0.1) is 0 Å². The number of hydrogen-bond acceptors (Lipinski definition) is 1. The smallest absolute Gasteiger partial charge is 0.338 e. The Hall–Kier alpha value is -1.52. The van der Waals surface area contributed by atoms with Gasteiger partial charge in [-0.25, -0.2) is 0 Å². The number of likely N-dealkylation sites (tertiary alicyclic amines) is 1. The van der Waals surface area contributed by atoms with Gasteiger partial charge in [-0.2, -0.15) is 13.2 Å². The Bertz CT molecular complexity index is 553. The summed E-state index contributed by atoms with van der Waals surface area (Å²) in [6.07, 6.45) is -0.830.